The number of hydrogen-bond donors (Lipinski definition) is 2. The molecule has 1 aromatic heterocycles. The molecule has 0 bridgehead atoms. The van der Waals surface area contributed by atoms with Crippen LogP contribution < -0.4 is 10.6 Å². The van der Waals surface area contributed by atoms with Gasteiger partial charge in [-0.2, -0.15) is 13.2 Å². The van der Waals surface area contributed by atoms with Gasteiger partial charge in [0.15, 0.2) is 0 Å². The van der Waals surface area contributed by atoms with Crippen LogP contribution in [0, 0.1) is 0 Å². The van der Waals surface area contributed by atoms with Crippen LogP contribution in [0.4, 0.5) is 23.1 Å². The summed E-state index contributed by atoms with van der Waals surface area (Å²) in [5, 5.41) is 14.5. The first-order valence-electron chi connectivity index (χ1n) is 9.65. The number of likely N-dealkylation sites (tertiary alicyclic amines) is 1. The van der Waals surface area contributed by atoms with Crippen LogP contribution in [0.5, 0.6) is 0 Å². The Kier molecular flexibility index (Phi) is 5.63. The maximum atomic E-state index is 13.1. The van der Waals surface area contributed by atoms with Crippen molar-refractivity contribution in [1.29, 1.82) is 0 Å². The number of benzene rings is 1. The minimum absolute atomic E-state index is 0.0765. The maximum Gasteiger partial charge on any atom is 0.416 e. The number of amides is 3. The highest BCUT2D eigenvalue weighted by atomic mass is 32.1. The van der Waals surface area contributed by atoms with E-state index in [1.165, 1.54) is 23.5 Å². The van der Waals surface area contributed by atoms with E-state index in [4.69, 9.17) is 0 Å². The summed E-state index contributed by atoms with van der Waals surface area (Å²) in [6.45, 7) is 0.607. The molecule has 2 aromatic rings. The second kappa shape index (κ2) is 8.21. The molecule has 1 aliphatic carbocycles. The van der Waals surface area contributed by atoms with Crippen molar-refractivity contribution in [1.82, 2.24) is 20.4 Å². The molecule has 4 rings (SSSR count). The van der Waals surface area contributed by atoms with Gasteiger partial charge in [-0.1, -0.05) is 23.5 Å². The number of nitrogens with zero attached hydrogens (tertiary/aromatic N) is 3. The molecule has 30 heavy (non-hydrogen) atoms. The number of halogens is 3. The van der Waals surface area contributed by atoms with Crippen LogP contribution in [0.2, 0.25) is 0 Å². The smallest absolute Gasteiger partial charge is 0.340 e. The van der Waals surface area contributed by atoms with Crippen molar-refractivity contribution in [3.8, 4) is 0 Å². The lowest BCUT2D eigenvalue weighted by molar-refractivity contribution is -0.137. The first-order valence-corrected chi connectivity index (χ1v) is 10.5. The number of hydrogen-bond acceptors (Lipinski definition) is 5. The average molecular weight is 439 g/mol. The van der Waals surface area contributed by atoms with Gasteiger partial charge in [-0.05, 0) is 37.0 Å². The third-order valence-electron chi connectivity index (χ3n) is 5.08. The third kappa shape index (κ3) is 4.89. The van der Waals surface area contributed by atoms with Crippen molar-refractivity contribution < 1.29 is 22.8 Å². The largest absolute Gasteiger partial charge is 0.416 e. The van der Waals surface area contributed by atoms with E-state index in [-0.39, 0.29) is 18.0 Å². The van der Waals surface area contributed by atoms with Crippen LogP contribution in [-0.4, -0.2) is 40.1 Å². The number of urea groups is 1. The van der Waals surface area contributed by atoms with Crippen LogP contribution in [0.25, 0.3) is 0 Å². The Morgan fingerprint density at radius 3 is 2.77 bits per heavy atom. The monoisotopic (exact) mass is 439 g/mol. The highest BCUT2D eigenvalue weighted by Crippen LogP contribution is 2.42. The Labute approximate surface area is 174 Å². The quantitative estimate of drug-likeness (QED) is 0.714. The molecule has 0 spiro atoms. The van der Waals surface area contributed by atoms with E-state index in [2.05, 4.69) is 20.8 Å². The second-order valence-corrected chi connectivity index (χ2v) is 8.45. The molecular weight excluding hydrogens is 419 g/mol. The van der Waals surface area contributed by atoms with Crippen LogP contribution >= 0.6 is 11.3 Å². The van der Waals surface area contributed by atoms with Crippen molar-refractivity contribution in [2.75, 3.05) is 18.4 Å². The number of carbonyl (C=O) groups excluding carboxylic acids is 2. The van der Waals surface area contributed by atoms with Crippen LogP contribution in [-0.2, 0) is 11.0 Å². The number of alkyl halides is 3. The summed E-state index contributed by atoms with van der Waals surface area (Å²) in [6, 6.07) is 3.37. The van der Waals surface area contributed by atoms with Crippen molar-refractivity contribution in [3.05, 3.63) is 40.4 Å². The first-order chi connectivity index (χ1) is 14.3. The lowest BCUT2D eigenvalue weighted by atomic mass is 10.0. The van der Waals surface area contributed by atoms with Gasteiger partial charge < -0.3 is 10.2 Å². The molecule has 2 aliphatic rings. The molecule has 160 valence electrons. The normalized spacial score (nSPS) is 17.8. The van der Waals surface area contributed by atoms with E-state index < -0.39 is 23.8 Å². The lowest BCUT2D eigenvalue weighted by Crippen LogP contribution is -2.40. The van der Waals surface area contributed by atoms with Crippen LogP contribution in [0.3, 0.4) is 0 Å². The fraction of sp³-hybridized carbons (Fsp3) is 0.474. The zero-order valence-electron chi connectivity index (χ0n) is 15.9. The molecule has 2 heterocycles. The lowest BCUT2D eigenvalue weighted by Gasteiger charge is -2.25. The van der Waals surface area contributed by atoms with Crippen molar-refractivity contribution in [3.63, 3.8) is 0 Å². The Hall–Kier alpha value is -2.69. The third-order valence-corrected chi connectivity index (χ3v) is 6.08. The highest BCUT2D eigenvalue weighted by Gasteiger charge is 2.32. The first kappa shape index (κ1) is 20.6. The standard InChI is InChI=1S/C19H20F3N5O2S/c20-19(21,22)13-4-1-3-12(9-13)14(10-27-8-2-5-15(27)28)23-17(29)24-18-26-25-16(30-18)11-6-7-11/h1,3-4,9,11,14H,2,5-8,10H2,(H2,23,24,26,29). The molecule has 11 heteroatoms. The van der Waals surface area contributed by atoms with Gasteiger partial charge in [0, 0.05) is 25.4 Å². The number of carbonyl (C=O) groups is 2. The maximum absolute atomic E-state index is 13.1. The van der Waals surface area contributed by atoms with Gasteiger partial charge in [0.25, 0.3) is 0 Å². The summed E-state index contributed by atoms with van der Waals surface area (Å²) < 4.78 is 39.4. The molecule has 2 N–H and O–H groups in total. The number of aromatic nitrogens is 2. The summed E-state index contributed by atoms with van der Waals surface area (Å²) in [6.07, 6.45) is -1.30. The topological polar surface area (TPSA) is 87.2 Å². The van der Waals surface area contributed by atoms with Crippen molar-refractivity contribution >= 4 is 28.4 Å². The SMILES string of the molecule is O=C(Nc1nnc(C2CC2)s1)NC(CN1CCCC1=O)c1cccc(C(F)(F)F)c1. The van der Waals surface area contributed by atoms with E-state index in [9.17, 15) is 22.8 Å². The molecule has 2 fully saturated rings. The molecule has 1 aromatic carbocycles. The summed E-state index contributed by atoms with van der Waals surface area (Å²) in [5.41, 5.74) is -0.534. The van der Waals surface area contributed by atoms with Gasteiger partial charge in [-0.25, -0.2) is 4.79 Å². The highest BCUT2D eigenvalue weighted by molar-refractivity contribution is 7.15. The molecule has 1 aliphatic heterocycles. The van der Waals surface area contributed by atoms with Crippen LogP contribution in [0.1, 0.15) is 53.8 Å². The fourth-order valence-corrected chi connectivity index (χ4v) is 4.26. The van der Waals surface area contributed by atoms with Crippen molar-refractivity contribution in [2.24, 2.45) is 0 Å². The predicted octanol–water partition coefficient (Wildman–Crippen LogP) is 3.92. The Bertz CT molecular complexity index is 944. The zero-order valence-corrected chi connectivity index (χ0v) is 16.7. The van der Waals surface area contributed by atoms with E-state index in [0.717, 1.165) is 30.0 Å². The summed E-state index contributed by atoms with van der Waals surface area (Å²) in [5.74, 6) is 0.326. The molecule has 1 unspecified atom stereocenters. The van der Waals surface area contributed by atoms with Gasteiger partial charge in [-0.3, -0.25) is 10.1 Å². The molecule has 7 nitrogen and oxygen atoms in total. The van der Waals surface area contributed by atoms with E-state index >= 15 is 0 Å². The van der Waals surface area contributed by atoms with Gasteiger partial charge in [0.2, 0.25) is 11.0 Å². The van der Waals surface area contributed by atoms with E-state index in [1.54, 1.807) is 4.90 Å². The average Bonchev–Trinajstić information content (AvgIpc) is 3.32. The molecule has 3 amide bonds. The minimum atomic E-state index is -4.50. The zero-order chi connectivity index (χ0) is 21.3. The number of anilines is 1. The Balaban J connectivity index is 1.50. The molecule has 1 saturated carbocycles. The van der Waals surface area contributed by atoms with Gasteiger partial charge in [0.05, 0.1) is 11.6 Å². The molecular formula is C19H20F3N5O2S. The van der Waals surface area contributed by atoms with Gasteiger partial charge >= 0.3 is 12.2 Å². The molecule has 1 saturated heterocycles. The summed E-state index contributed by atoms with van der Waals surface area (Å²) in [7, 11) is 0. The minimum Gasteiger partial charge on any atom is -0.340 e. The van der Waals surface area contributed by atoms with Crippen molar-refractivity contribution in [2.45, 2.75) is 43.8 Å². The fourth-order valence-electron chi connectivity index (χ4n) is 3.36. The van der Waals surface area contributed by atoms with Gasteiger partial charge in [0.1, 0.15) is 5.01 Å². The Morgan fingerprint density at radius 1 is 1.30 bits per heavy atom. The second-order valence-electron chi connectivity index (χ2n) is 7.44. The number of nitrogens with one attached hydrogen (secondary N) is 2. The number of rotatable bonds is 6. The molecule has 1 atom stereocenters. The summed E-state index contributed by atoms with van der Waals surface area (Å²) in [4.78, 5) is 26.1. The van der Waals surface area contributed by atoms with E-state index in [0.29, 0.717) is 30.4 Å². The predicted molar refractivity (Wildman–Crippen MR) is 104 cm³/mol. The summed E-state index contributed by atoms with van der Waals surface area (Å²) >= 11 is 1.29. The van der Waals surface area contributed by atoms with Crippen LogP contribution in [0.15, 0.2) is 24.3 Å². The molecule has 0 radical (unpaired) electrons. The Morgan fingerprint density at radius 2 is 2.10 bits per heavy atom. The van der Waals surface area contributed by atoms with E-state index in [1.807, 2.05) is 0 Å². The van der Waals surface area contributed by atoms with Gasteiger partial charge in [-0.15, -0.1) is 10.2 Å².